The summed E-state index contributed by atoms with van der Waals surface area (Å²) in [5.41, 5.74) is 0.488. The predicted octanol–water partition coefficient (Wildman–Crippen LogP) is 3.11. The molecule has 0 spiro atoms. The van der Waals surface area contributed by atoms with E-state index in [0.29, 0.717) is 23.7 Å². The van der Waals surface area contributed by atoms with Crippen LogP contribution in [0.25, 0.3) is 11.0 Å². The fourth-order valence-corrected chi connectivity index (χ4v) is 1.76. The molecule has 0 saturated heterocycles. The van der Waals surface area contributed by atoms with E-state index in [1.54, 1.807) is 30.6 Å². The number of phenolic OH excluding ortho intramolecular Hbond substituents is 1. The van der Waals surface area contributed by atoms with Crippen LogP contribution in [0.5, 0.6) is 11.5 Å². The lowest BCUT2D eigenvalue weighted by atomic mass is 10.2. The van der Waals surface area contributed by atoms with E-state index in [1.165, 1.54) is 0 Å². The van der Waals surface area contributed by atoms with Gasteiger partial charge in [0.15, 0.2) is 11.3 Å². The minimum absolute atomic E-state index is 0.139. The molecule has 0 bridgehead atoms. The number of ether oxygens (including phenoxy) is 1. The van der Waals surface area contributed by atoms with Gasteiger partial charge in [0, 0.05) is 11.6 Å². The van der Waals surface area contributed by atoms with Crippen molar-refractivity contribution in [3.63, 3.8) is 0 Å². The highest BCUT2D eigenvalue weighted by molar-refractivity contribution is 5.83. The molecule has 90 valence electrons. The second-order valence-electron chi connectivity index (χ2n) is 3.89. The maximum Gasteiger partial charge on any atom is 0.176 e. The van der Waals surface area contributed by atoms with Gasteiger partial charge in [-0.1, -0.05) is 12.1 Å². The minimum atomic E-state index is 0.139. The van der Waals surface area contributed by atoms with Crippen LogP contribution in [0, 0.1) is 0 Å². The second-order valence-corrected chi connectivity index (χ2v) is 3.89. The number of hydrogen-bond acceptors (Lipinski definition) is 4. The summed E-state index contributed by atoms with van der Waals surface area (Å²) >= 11 is 0. The summed E-state index contributed by atoms with van der Waals surface area (Å²) < 4.78 is 11.0. The standard InChI is InChI=1S/C14H11NO3/c16-13-5-1-3-10-7-12(18-14(10)13)9-17-11-4-2-6-15-8-11/h1-8,16H,9H2. The van der Waals surface area contributed by atoms with Crippen LogP contribution in [0.2, 0.25) is 0 Å². The average Bonchev–Trinajstić information content (AvgIpc) is 2.82. The van der Waals surface area contributed by atoms with Gasteiger partial charge in [0.25, 0.3) is 0 Å². The van der Waals surface area contributed by atoms with Crippen LogP contribution < -0.4 is 4.74 Å². The van der Waals surface area contributed by atoms with Crippen molar-refractivity contribution in [3.8, 4) is 11.5 Å². The lowest BCUT2D eigenvalue weighted by Gasteiger charge is -2.01. The van der Waals surface area contributed by atoms with Gasteiger partial charge >= 0.3 is 0 Å². The third-order valence-corrected chi connectivity index (χ3v) is 2.59. The second kappa shape index (κ2) is 4.41. The van der Waals surface area contributed by atoms with Crippen molar-refractivity contribution in [2.75, 3.05) is 0 Å². The maximum absolute atomic E-state index is 9.63. The number of furan rings is 1. The Morgan fingerprint density at radius 2 is 2.17 bits per heavy atom. The van der Waals surface area contributed by atoms with Crippen molar-refractivity contribution < 1.29 is 14.3 Å². The van der Waals surface area contributed by atoms with Gasteiger partial charge in [-0.3, -0.25) is 4.98 Å². The summed E-state index contributed by atoms with van der Waals surface area (Å²) in [6, 6.07) is 10.7. The van der Waals surface area contributed by atoms with Crippen LogP contribution in [0.4, 0.5) is 0 Å². The quantitative estimate of drug-likeness (QED) is 0.765. The number of hydrogen-bond donors (Lipinski definition) is 1. The van der Waals surface area contributed by atoms with Gasteiger partial charge in [0.05, 0.1) is 6.20 Å². The Morgan fingerprint density at radius 1 is 1.22 bits per heavy atom. The van der Waals surface area contributed by atoms with Gasteiger partial charge in [-0.25, -0.2) is 0 Å². The minimum Gasteiger partial charge on any atom is -0.504 e. The third kappa shape index (κ3) is 2.00. The zero-order chi connectivity index (χ0) is 12.4. The van der Waals surface area contributed by atoms with Crippen molar-refractivity contribution in [1.29, 1.82) is 0 Å². The number of pyridine rings is 1. The van der Waals surface area contributed by atoms with Crippen LogP contribution in [0.3, 0.4) is 0 Å². The van der Waals surface area contributed by atoms with Crippen molar-refractivity contribution in [2.45, 2.75) is 6.61 Å². The Morgan fingerprint density at radius 3 is 2.94 bits per heavy atom. The third-order valence-electron chi connectivity index (χ3n) is 2.59. The number of aromatic hydroxyl groups is 1. The lowest BCUT2D eigenvalue weighted by molar-refractivity contribution is 0.272. The predicted molar refractivity (Wildman–Crippen MR) is 66.4 cm³/mol. The molecule has 0 unspecified atom stereocenters. The fraction of sp³-hybridized carbons (Fsp3) is 0.0714. The van der Waals surface area contributed by atoms with E-state index in [0.717, 1.165) is 5.39 Å². The molecule has 3 aromatic rings. The summed E-state index contributed by atoms with van der Waals surface area (Å²) in [5.74, 6) is 1.48. The van der Waals surface area contributed by atoms with Crippen molar-refractivity contribution in [3.05, 3.63) is 54.6 Å². The first-order valence-electron chi connectivity index (χ1n) is 5.56. The topological polar surface area (TPSA) is 55.5 Å². The first-order chi connectivity index (χ1) is 8.83. The highest BCUT2D eigenvalue weighted by Gasteiger charge is 2.07. The number of fused-ring (bicyclic) bond motifs is 1. The van der Waals surface area contributed by atoms with Gasteiger partial charge in [-0.05, 0) is 24.3 Å². The molecule has 0 radical (unpaired) electrons. The summed E-state index contributed by atoms with van der Waals surface area (Å²) in [6.07, 6.45) is 3.33. The largest absolute Gasteiger partial charge is 0.504 e. The Hall–Kier alpha value is -2.49. The van der Waals surface area contributed by atoms with E-state index in [-0.39, 0.29) is 5.75 Å². The van der Waals surface area contributed by atoms with Crippen LogP contribution >= 0.6 is 0 Å². The zero-order valence-corrected chi connectivity index (χ0v) is 9.54. The van der Waals surface area contributed by atoms with Crippen molar-refractivity contribution in [1.82, 2.24) is 4.98 Å². The Bertz CT molecular complexity index is 661. The molecule has 1 aromatic carbocycles. The molecule has 2 aromatic heterocycles. The van der Waals surface area contributed by atoms with Crippen molar-refractivity contribution >= 4 is 11.0 Å². The normalized spacial score (nSPS) is 10.7. The van der Waals surface area contributed by atoms with Gasteiger partial charge in [0.2, 0.25) is 0 Å². The molecule has 0 amide bonds. The molecular weight excluding hydrogens is 230 g/mol. The highest BCUT2D eigenvalue weighted by atomic mass is 16.5. The maximum atomic E-state index is 9.63. The van der Waals surface area contributed by atoms with Crippen LogP contribution in [0.1, 0.15) is 5.76 Å². The molecule has 0 fully saturated rings. The number of benzene rings is 1. The molecule has 18 heavy (non-hydrogen) atoms. The summed E-state index contributed by atoms with van der Waals surface area (Å²) in [7, 11) is 0. The van der Waals surface area contributed by atoms with E-state index >= 15 is 0 Å². The SMILES string of the molecule is Oc1cccc2cc(COc3cccnc3)oc12. The highest BCUT2D eigenvalue weighted by Crippen LogP contribution is 2.27. The zero-order valence-electron chi connectivity index (χ0n) is 9.54. The number of phenols is 1. The molecule has 0 aliphatic rings. The van der Waals surface area contributed by atoms with Gasteiger partial charge < -0.3 is 14.3 Å². The summed E-state index contributed by atoms with van der Waals surface area (Å²) in [4.78, 5) is 3.96. The number of rotatable bonds is 3. The number of aromatic nitrogens is 1. The molecule has 3 rings (SSSR count). The molecule has 0 aliphatic heterocycles. The number of para-hydroxylation sites is 1. The lowest BCUT2D eigenvalue weighted by Crippen LogP contribution is -1.93. The van der Waals surface area contributed by atoms with E-state index in [9.17, 15) is 5.11 Å². The van der Waals surface area contributed by atoms with Crippen LogP contribution in [-0.2, 0) is 6.61 Å². The molecule has 0 saturated carbocycles. The average molecular weight is 241 g/mol. The Labute approximate surface area is 103 Å². The van der Waals surface area contributed by atoms with E-state index in [1.807, 2.05) is 18.2 Å². The Kier molecular flexibility index (Phi) is 2.61. The molecular formula is C14H11NO3. The molecule has 1 N–H and O–H groups in total. The summed E-state index contributed by atoms with van der Waals surface area (Å²) in [5, 5.41) is 10.5. The monoisotopic (exact) mass is 241 g/mol. The van der Waals surface area contributed by atoms with Crippen molar-refractivity contribution in [2.24, 2.45) is 0 Å². The molecule has 0 atom stereocenters. The first-order valence-corrected chi connectivity index (χ1v) is 5.56. The van der Waals surface area contributed by atoms with Gasteiger partial charge in [0.1, 0.15) is 18.1 Å². The van der Waals surface area contributed by atoms with E-state index < -0.39 is 0 Å². The number of nitrogens with zero attached hydrogens (tertiary/aromatic N) is 1. The molecule has 4 heteroatoms. The molecule has 4 nitrogen and oxygen atoms in total. The van der Waals surface area contributed by atoms with E-state index in [2.05, 4.69) is 4.98 Å². The van der Waals surface area contributed by atoms with Gasteiger partial charge in [-0.2, -0.15) is 0 Å². The van der Waals surface area contributed by atoms with Gasteiger partial charge in [-0.15, -0.1) is 0 Å². The summed E-state index contributed by atoms with van der Waals surface area (Å²) in [6.45, 7) is 0.305. The molecule has 0 aliphatic carbocycles. The first kappa shape index (κ1) is 10.7. The molecule has 2 heterocycles. The fourth-order valence-electron chi connectivity index (χ4n) is 1.76. The smallest absolute Gasteiger partial charge is 0.176 e. The Balaban J connectivity index is 1.81. The van der Waals surface area contributed by atoms with E-state index in [4.69, 9.17) is 9.15 Å². The van der Waals surface area contributed by atoms with Crippen LogP contribution in [0.15, 0.2) is 53.2 Å². The van der Waals surface area contributed by atoms with Crippen LogP contribution in [-0.4, -0.2) is 10.1 Å².